The van der Waals surface area contributed by atoms with Crippen molar-refractivity contribution in [3.05, 3.63) is 64.2 Å². The number of aliphatic hydroxyl groups is 1. The molecule has 1 aliphatic heterocycles. The molecule has 2 atom stereocenters. The fourth-order valence-corrected chi connectivity index (χ4v) is 4.64. The molecule has 0 aromatic heterocycles. The summed E-state index contributed by atoms with van der Waals surface area (Å²) < 4.78 is 9.78. The molecule has 1 heterocycles. The monoisotopic (exact) mass is 488 g/mol. The largest absolute Gasteiger partial charge is 0.467 e. The highest BCUT2D eigenvalue weighted by Gasteiger charge is 2.59. The number of fused-ring (bicyclic) bond motifs is 1. The Hall–Kier alpha value is -2.94. The summed E-state index contributed by atoms with van der Waals surface area (Å²) in [6, 6.07) is 12.6. The maximum absolute atomic E-state index is 12.7. The van der Waals surface area contributed by atoms with Crippen LogP contribution in [0.2, 0.25) is 5.02 Å². The summed E-state index contributed by atoms with van der Waals surface area (Å²) in [5.74, 6) is -2.16. The van der Waals surface area contributed by atoms with E-state index in [1.807, 2.05) is 25.1 Å². The van der Waals surface area contributed by atoms with Crippen LogP contribution in [0, 0.1) is 0 Å². The van der Waals surface area contributed by atoms with Gasteiger partial charge in [0.2, 0.25) is 11.4 Å². The maximum Gasteiger partial charge on any atom is 0.344 e. The third-order valence-electron chi connectivity index (χ3n) is 6.01. The average molecular weight is 489 g/mol. The molecule has 8 nitrogen and oxygen atoms in total. The van der Waals surface area contributed by atoms with Crippen LogP contribution in [0.4, 0.5) is 5.69 Å². The highest BCUT2D eigenvalue weighted by Crippen LogP contribution is 2.41. The minimum Gasteiger partial charge on any atom is -0.467 e. The zero-order valence-electron chi connectivity index (χ0n) is 19.6. The number of aliphatic hydroxyl groups excluding tert-OH is 1. The first-order valence-corrected chi connectivity index (χ1v) is 11.3. The average Bonchev–Trinajstić information content (AvgIpc) is 3.17. The second-order valence-corrected chi connectivity index (χ2v) is 8.86. The quantitative estimate of drug-likeness (QED) is 0.434. The smallest absolute Gasteiger partial charge is 0.344 e. The van der Waals surface area contributed by atoms with Gasteiger partial charge in [0.25, 0.3) is 0 Å². The van der Waals surface area contributed by atoms with E-state index in [0.717, 1.165) is 16.0 Å². The van der Waals surface area contributed by atoms with E-state index in [1.165, 1.54) is 21.1 Å². The number of methoxy groups -OCH3 is 2. The number of carbonyl (C=O) groups is 3. The van der Waals surface area contributed by atoms with E-state index in [0.29, 0.717) is 29.2 Å². The van der Waals surface area contributed by atoms with E-state index in [-0.39, 0.29) is 12.5 Å². The second-order valence-electron chi connectivity index (χ2n) is 8.42. The van der Waals surface area contributed by atoms with Gasteiger partial charge in [-0.15, -0.1) is 0 Å². The molecule has 1 aliphatic rings. The number of hydrogen-bond acceptors (Lipinski definition) is 7. The molecule has 34 heavy (non-hydrogen) atoms. The van der Waals surface area contributed by atoms with Gasteiger partial charge >= 0.3 is 11.9 Å². The third-order valence-corrected chi connectivity index (χ3v) is 6.24. The Kier molecular flexibility index (Phi) is 7.97. The van der Waals surface area contributed by atoms with Gasteiger partial charge in [-0.2, -0.15) is 0 Å². The second kappa shape index (κ2) is 10.5. The van der Waals surface area contributed by atoms with Gasteiger partial charge in [0.1, 0.15) is 0 Å². The van der Waals surface area contributed by atoms with Crippen molar-refractivity contribution in [2.75, 3.05) is 25.7 Å². The van der Waals surface area contributed by atoms with Crippen molar-refractivity contribution in [3.63, 3.8) is 0 Å². The first-order chi connectivity index (χ1) is 16.1. The van der Waals surface area contributed by atoms with Gasteiger partial charge in [0.05, 0.1) is 20.3 Å². The molecular formula is C25H29ClN2O6. The molecule has 0 fully saturated rings. The molecular weight excluding hydrogens is 460 g/mol. The zero-order valence-corrected chi connectivity index (χ0v) is 20.4. The first-order valence-electron chi connectivity index (χ1n) is 10.9. The Morgan fingerprint density at radius 2 is 1.82 bits per heavy atom. The van der Waals surface area contributed by atoms with Crippen molar-refractivity contribution < 1.29 is 29.0 Å². The van der Waals surface area contributed by atoms with Crippen LogP contribution in [0.1, 0.15) is 36.6 Å². The number of amides is 1. The minimum absolute atomic E-state index is 0.0168. The predicted molar refractivity (Wildman–Crippen MR) is 128 cm³/mol. The number of anilines is 1. The Morgan fingerprint density at radius 3 is 2.41 bits per heavy atom. The molecule has 2 aromatic carbocycles. The van der Waals surface area contributed by atoms with Crippen molar-refractivity contribution in [1.82, 2.24) is 5.32 Å². The van der Waals surface area contributed by atoms with Gasteiger partial charge in [-0.05, 0) is 48.2 Å². The summed E-state index contributed by atoms with van der Waals surface area (Å²) in [6.45, 7) is 3.63. The molecule has 0 spiro atoms. The molecule has 1 amide bonds. The number of halogens is 1. The Morgan fingerprint density at radius 1 is 1.15 bits per heavy atom. The molecule has 0 aliphatic carbocycles. The number of esters is 2. The van der Waals surface area contributed by atoms with Crippen LogP contribution in [-0.2, 0) is 36.7 Å². The number of carbonyl (C=O) groups excluding carboxylic acids is 3. The van der Waals surface area contributed by atoms with Gasteiger partial charge in [-0.25, -0.2) is 9.59 Å². The lowest BCUT2D eigenvalue weighted by molar-refractivity contribution is -0.162. The van der Waals surface area contributed by atoms with Crippen LogP contribution < -0.4 is 10.2 Å². The van der Waals surface area contributed by atoms with Gasteiger partial charge in [-0.3, -0.25) is 9.69 Å². The Bertz CT molecular complexity index is 1070. The van der Waals surface area contributed by atoms with Crippen molar-refractivity contribution in [2.24, 2.45) is 0 Å². The SMILES string of the molecule is COC(=O)C1(C(=O)OC)Cc2cc(CC(C)NCC(O)c3cccc(Cl)c3)ccc2N1C(C)=O. The normalized spacial score (nSPS) is 15.9. The number of nitrogens with zero attached hydrogens (tertiary/aromatic N) is 1. The Balaban J connectivity index is 1.76. The molecule has 3 rings (SSSR count). The number of rotatable bonds is 8. The van der Waals surface area contributed by atoms with Crippen LogP contribution >= 0.6 is 11.6 Å². The summed E-state index contributed by atoms with van der Waals surface area (Å²) in [4.78, 5) is 39.1. The van der Waals surface area contributed by atoms with Crippen molar-refractivity contribution in [3.8, 4) is 0 Å². The van der Waals surface area contributed by atoms with Crippen LogP contribution in [0.25, 0.3) is 0 Å². The number of nitrogens with one attached hydrogen (secondary N) is 1. The molecule has 2 unspecified atom stereocenters. The van der Waals surface area contributed by atoms with E-state index >= 15 is 0 Å². The first kappa shape index (κ1) is 25.7. The minimum atomic E-state index is -1.89. The molecule has 0 bridgehead atoms. The highest BCUT2D eigenvalue weighted by atomic mass is 35.5. The van der Waals surface area contributed by atoms with Crippen LogP contribution in [-0.4, -0.2) is 55.3 Å². The molecule has 2 N–H and O–H groups in total. The lowest BCUT2D eigenvalue weighted by Crippen LogP contribution is -2.61. The molecule has 0 saturated carbocycles. The summed E-state index contributed by atoms with van der Waals surface area (Å²) in [5, 5.41) is 14.3. The van der Waals surface area contributed by atoms with Gasteiger partial charge < -0.3 is 19.9 Å². The summed E-state index contributed by atoms with van der Waals surface area (Å²) in [7, 11) is 2.34. The topological polar surface area (TPSA) is 105 Å². The summed E-state index contributed by atoms with van der Waals surface area (Å²) >= 11 is 6.00. The van der Waals surface area contributed by atoms with E-state index in [2.05, 4.69) is 5.32 Å². The fourth-order valence-electron chi connectivity index (χ4n) is 4.44. The lowest BCUT2D eigenvalue weighted by Gasteiger charge is -2.32. The Labute approximate surface area is 203 Å². The molecule has 182 valence electrons. The van der Waals surface area contributed by atoms with Crippen LogP contribution in [0.3, 0.4) is 0 Å². The summed E-state index contributed by atoms with van der Waals surface area (Å²) in [6.07, 6.45) is -0.116. The van der Waals surface area contributed by atoms with Crippen molar-refractivity contribution >= 4 is 35.1 Å². The van der Waals surface area contributed by atoms with Gasteiger partial charge in [0, 0.05) is 36.6 Å². The molecule has 9 heteroatoms. The fraction of sp³-hybridized carbons (Fsp3) is 0.400. The van der Waals surface area contributed by atoms with E-state index in [4.69, 9.17) is 21.1 Å². The molecule has 2 aromatic rings. The molecule has 0 saturated heterocycles. The van der Waals surface area contributed by atoms with E-state index in [1.54, 1.807) is 24.3 Å². The summed E-state index contributed by atoms with van der Waals surface area (Å²) in [5.41, 5.74) is 0.945. The standard InChI is InChI=1S/C25H29ClN2O6/c1-15(27-14-22(30)18-6-5-7-20(26)12-18)10-17-8-9-21-19(11-17)13-25(23(31)33-3,24(32)34-4)28(21)16(2)29/h5-9,11-12,15,22,27,30H,10,13-14H2,1-4H3. The number of hydrogen-bond donors (Lipinski definition) is 2. The third kappa shape index (κ3) is 4.94. The van der Waals surface area contributed by atoms with Crippen LogP contribution in [0.15, 0.2) is 42.5 Å². The lowest BCUT2D eigenvalue weighted by atomic mass is 9.93. The highest BCUT2D eigenvalue weighted by molar-refractivity contribution is 6.30. The predicted octanol–water partition coefficient (Wildman–Crippen LogP) is 2.59. The number of ether oxygens (including phenoxy) is 2. The molecule has 0 radical (unpaired) electrons. The van der Waals surface area contributed by atoms with E-state index in [9.17, 15) is 19.5 Å². The zero-order chi connectivity index (χ0) is 25.0. The van der Waals surface area contributed by atoms with Gasteiger partial charge in [-0.1, -0.05) is 35.9 Å². The maximum atomic E-state index is 12.7. The van der Waals surface area contributed by atoms with Crippen molar-refractivity contribution in [2.45, 2.75) is 44.4 Å². The number of benzene rings is 2. The van der Waals surface area contributed by atoms with Gasteiger partial charge in [0.15, 0.2) is 0 Å². The van der Waals surface area contributed by atoms with Crippen molar-refractivity contribution in [1.29, 1.82) is 0 Å². The van der Waals surface area contributed by atoms with E-state index < -0.39 is 29.5 Å². The van der Waals surface area contributed by atoms with Crippen LogP contribution in [0.5, 0.6) is 0 Å².